The van der Waals surface area contributed by atoms with Crippen LogP contribution in [0.3, 0.4) is 0 Å². The van der Waals surface area contributed by atoms with E-state index in [0.717, 1.165) is 0 Å². The van der Waals surface area contributed by atoms with Gasteiger partial charge in [-0.25, -0.2) is 0 Å². The second-order valence-electron chi connectivity index (χ2n) is 2.44. The molecular formula is C6H12Cl2O4. The minimum absolute atomic E-state index is 0.167. The first-order valence-electron chi connectivity index (χ1n) is 3.41. The Kier molecular flexibility index (Phi) is 5.40. The average Bonchev–Trinajstić information content (AvgIpc) is 2.01. The maximum Gasteiger partial charge on any atom is 0.159 e. The zero-order chi connectivity index (χ0) is 9.78. The predicted molar refractivity (Wildman–Crippen MR) is 45.2 cm³/mol. The van der Waals surface area contributed by atoms with Crippen molar-refractivity contribution in [1.82, 2.24) is 0 Å². The molecule has 0 aliphatic carbocycles. The van der Waals surface area contributed by atoms with Gasteiger partial charge in [0.05, 0.1) is 12.7 Å². The predicted octanol–water partition coefficient (Wildman–Crippen LogP) is -0.743. The van der Waals surface area contributed by atoms with E-state index in [1.54, 1.807) is 0 Å². The van der Waals surface area contributed by atoms with Crippen LogP contribution in [0.2, 0.25) is 0 Å². The number of aliphatic hydroxyl groups excluding tert-OH is 3. The zero-order valence-electron chi connectivity index (χ0n) is 6.32. The zero-order valence-corrected chi connectivity index (χ0v) is 7.83. The molecule has 3 unspecified atom stereocenters. The van der Waals surface area contributed by atoms with E-state index in [9.17, 15) is 5.11 Å². The summed E-state index contributed by atoms with van der Waals surface area (Å²) >= 11 is 11.0. The highest BCUT2D eigenvalue weighted by molar-refractivity contribution is 6.31. The van der Waals surface area contributed by atoms with Crippen molar-refractivity contribution in [2.75, 3.05) is 13.2 Å². The van der Waals surface area contributed by atoms with Gasteiger partial charge in [-0.05, 0) is 0 Å². The van der Waals surface area contributed by atoms with Crippen LogP contribution in [-0.4, -0.2) is 50.2 Å². The van der Waals surface area contributed by atoms with Crippen LogP contribution in [0.25, 0.3) is 0 Å². The summed E-state index contributed by atoms with van der Waals surface area (Å²) in [6.45, 7) is -0.935. The first-order valence-corrected chi connectivity index (χ1v) is 4.22. The molecule has 0 aliphatic rings. The Labute approximate surface area is 80.3 Å². The third-order valence-corrected chi connectivity index (χ3v) is 2.60. The summed E-state index contributed by atoms with van der Waals surface area (Å²) in [6.07, 6.45) is -1.47. The fourth-order valence-corrected chi connectivity index (χ4v) is 1.10. The van der Waals surface area contributed by atoms with Gasteiger partial charge in [0, 0.05) is 13.0 Å². The van der Waals surface area contributed by atoms with Crippen LogP contribution in [0.1, 0.15) is 6.42 Å². The maximum absolute atomic E-state index is 9.29. The molecule has 0 amide bonds. The molecule has 0 radical (unpaired) electrons. The lowest BCUT2D eigenvalue weighted by Gasteiger charge is -2.27. The molecule has 0 aromatic rings. The van der Waals surface area contributed by atoms with E-state index in [2.05, 4.69) is 0 Å². The molecule has 0 aliphatic heterocycles. The summed E-state index contributed by atoms with van der Waals surface area (Å²) in [4.78, 5) is 0. The molecule has 74 valence electrons. The first kappa shape index (κ1) is 12.4. The van der Waals surface area contributed by atoms with Crippen LogP contribution in [-0.2, 0) is 0 Å². The highest BCUT2D eigenvalue weighted by Crippen LogP contribution is 2.27. The van der Waals surface area contributed by atoms with Crippen molar-refractivity contribution in [1.29, 1.82) is 0 Å². The van der Waals surface area contributed by atoms with Crippen LogP contribution in [0, 0.1) is 0 Å². The number of rotatable bonds is 5. The summed E-state index contributed by atoms with van der Waals surface area (Å²) in [5.74, 6) is 0. The monoisotopic (exact) mass is 218 g/mol. The molecule has 0 rings (SSSR count). The average molecular weight is 219 g/mol. The molecule has 4 N–H and O–H groups in total. The Balaban J connectivity index is 4.13. The minimum atomic E-state index is -1.89. The molecule has 4 nitrogen and oxygen atoms in total. The van der Waals surface area contributed by atoms with Crippen LogP contribution >= 0.6 is 23.2 Å². The van der Waals surface area contributed by atoms with E-state index >= 15 is 0 Å². The first-order chi connectivity index (χ1) is 5.45. The van der Waals surface area contributed by atoms with Crippen LogP contribution < -0.4 is 0 Å². The molecule has 0 heterocycles. The number of aliphatic hydroxyl groups is 4. The Morgan fingerprint density at radius 1 is 1.33 bits per heavy atom. The molecule has 12 heavy (non-hydrogen) atoms. The Hall–Kier alpha value is 0.420. The van der Waals surface area contributed by atoms with Crippen molar-refractivity contribution in [3.63, 3.8) is 0 Å². The molecule has 0 saturated heterocycles. The van der Waals surface area contributed by atoms with E-state index in [-0.39, 0.29) is 13.0 Å². The lowest BCUT2D eigenvalue weighted by Crippen LogP contribution is -2.43. The van der Waals surface area contributed by atoms with Crippen molar-refractivity contribution in [3.05, 3.63) is 0 Å². The van der Waals surface area contributed by atoms with Gasteiger partial charge in [-0.1, -0.05) is 11.6 Å². The molecule has 0 aromatic heterocycles. The standard InChI is InChI=1S/C6H12Cl2O4/c7-5(4(11)3-10)6(8,12)1-2-9/h4-5,9-12H,1-3H2. The van der Waals surface area contributed by atoms with Crippen molar-refractivity contribution < 1.29 is 20.4 Å². The van der Waals surface area contributed by atoms with Crippen molar-refractivity contribution in [2.45, 2.75) is 23.0 Å². The van der Waals surface area contributed by atoms with Crippen LogP contribution in [0.4, 0.5) is 0 Å². The smallest absolute Gasteiger partial charge is 0.159 e. The fraction of sp³-hybridized carbons (Fsp3) is 1.00. The molecule has 0 fully saturated rings. The fourth-order valence-electron chi connectivity index (χ4n) is 0.682. The molecule has 0 spiro atoms. The van der Waals surface area contributed by atoms with Gasteiger partial charge >= 0.3 is 0 Å². The largest absolute Gasteiger partial charge is 0.396 e. The highest BCUT2D eigenvalue weighted by Gasteiger charge is 2.37. The Bertz CT molecular complexity index is 131. The summed E-state index contributed by atoms with van der Waals surface area (Å²) in [7, 11) is 0. The van der Waals surface area contributed by atoms with Gasteiger partial charge in [-0.3, -0.25) is 0 Å². The second kappa shape index (κ2) is 5.21. The summed E-state index contributed by atoms with van der Waals surface area (Å²) < 4.78 is 0. The molecular weight excluding hydrogens is 207 g/mol. The minimum Gasteiger partial charge on any atom is -0.396 e. The van der Waals surface area contributed by atoms with Gasteiger partial charge < -0.3 is 20.4 Å². The number of alkyl halides is 2. The highest BCUT2D eigenvalue weighted by atomic mass is 35.5. The lowest BCUT2D eigenvalue weighted by molar-refractivity contribution is 0.0161. The summed E-state index contributed by atoms with van der Waals surface area (Å²) in [5.41, 5.74) is 0. The summed E-state index contributed by atoms with van der Waals surface area (Å²) in [6, 6.07) is 0. The van der Waals surface area contributed by atoms with Crippen molar-refractivity contribution >= 4 is 23.2 Å². The van der Waals surface area contributed by atoms with E-state index in [4.69, 9.17) is 38.5 Å². The van der Waals surface area contributed by atoms with Gasteiger partial charge in [-0.15, -0.1) is 11.6 Å². The third-order valence-electron chi connectivity index (χ3n) is 1.41. The van der Waals surface area contributed by atoms with Gasteiger partial charge in [-0.2, -0.15) is 0 Å². The molecule has 0 aromatic carbocycles. The lowest BCUT2D eigenvalue weighted by atomic mass is 10.1. The molecule has 0 bridgehead atoms. The normalized spacial score (nSPS) is 21.5. The number of hydrogen-bond donors (Lipinski definition) is 4. The van der Waals surface area contributed by atoms with Crippen LogP contribution in [0.5, 0.6) is 0 Å². The molecule has 3 atom stereocenters. The number of halogens is 2. The second-order valence-corrected chi connectivity index (χ2v) is 3.57. The van der Waals surface area contributed by atoms with Gasteiger partial charge in [0.25, 0.3) is 0 Å². The van der Waals surface area contributed by atoms with Crippen LogP contribution in [0.15, 0.2) is 0 Å². The third kappa shape index (κ3) is 3.43. The van der Waals surface area contributed by atoms with Crippen molar-refractivity contribution in [2.24, 2.45) is 0 Å². The summed E-state index contributed by atoms with van der Waals surface area (Å²) in [5, 5.41) is 32.1. The topological polar surface area (TPSA) is 80.9 Å². The maximum atomic E-state index is 9.29. The SMILES string of the molecule is OCCC(O)(Cl)C(Cl)C(O)CO. The van der Waals surface area contributed by atoms with E-state index in [1.165, 1.54) is 0 Å². The number of hydrogen-bond acceptors (Lipinski definition) is 4. The van der Waals surface area contributed by atoms with Gasteiger partial charge in [0.2, 0.25) is 0 Å². The van der Waals surface area contributed by atoms with Gasteiger partial charge in [0.1, 0.15) is 5.38 Å². The van der Waals surface area contributed by atoms with E-state index < -0.39 is 23.1 Å². The quantitative estimate of drug-likeness (QED) is 0.459. The Morgan fingerprint density at radius 3 is 2.17 bits per heavy atom. The molecule has 0 saturated carbocycles. The van der Waals surface area contributed by atoms with Gasteiger partial charge in [0.15, 0.2) is 5.06 Å². The molecule has 6 heteroatoms. The Morgan fingerprint density at radius 2 is 1.83 bits per heavy atom. The van der Waals surface area contributed by atoms with Crippen molar-refractivity contribution in [3.8, 4) is 0 Å². The van der Waals surface area contributed by atoms with E-state index in [1.807, 2.05) is 0 Å². The van der Waals surface area contributed by atoms with E-state index in [0.29, 0.717) is 0 Å².